The van der Waals surface area contributed by atoms with Crippen molar-refractivity contribution in [3.05, 3.63) is 66.4 Å². The van der Waals surface area contributed by atoms with Gasteiger partial charge < -0.3 is 10.1 Å². The topological polar surface area (TPSA) is 68.2 Å². The molecule has 4 rings (SSSR count). The average Bonchev–Trinajstić information content (AvgIpc) is 3.42. The number of hydrogen-bond donors (Lipinski definition) is 2. The zero-order chi connectivity index (χ0) is 18.6. The number of ether oxygens (including phenoxy) is 1. The highest BCUT2D eigenvalue weighted by molar-refractivity contribution is 6.00. The van der Waals surface area contributed by atoms with Gasteiger partial charge >= 0.3 is 6.03 Å². The van der Waals surface area contributed by atoms with E-state index >= 15 is 0 Å². The summed E-state index contributed by atoms with van der Waals surface area (Å²) in [6.45, 7) is 0. The number of benzene rings is 2. The van der Waals surface area contributed by atoms with Crippen LogP contribution in [0.4, 0.5) is 16.3 Å². The van der Waals surface area contributed by atoms with Gasteiger partial charge in [-0.05, 0) is 49.4 Å². The van der Waals surface area contributed by atoms with Gasteiger partial charge in [0.05, 0.1) is 24.2 Å². The normalized spacial score (nSPS) is 13.2. The van der Waals surface area contributed by atoms with E-state index in [0.29, 0.717) is 17.3 Å². The maximum absolute atomic E-state index is 12.6. The second-order valence-electron chi connectivity index (χ2n) is 6.70. The van der Waals surface area contributed by atoms with Crippen LogP contribution < -0.4 is 15.4 Å². The highest BCUT2D eigenvalue weighted by Crippen LogP contribution is 2.33. The van der Waals surface area contributed by atoms with Crippen LogP contribution in [-0.4, -0.2) is 22.9 Å². The quantitative estimate of drug-likeness (QED) is 0.679. The van der Waals surface area contributed by atoms with E-state index in [4.69, 9.17) is 9.84 Å². The lowest BCUT2D eigenvalue weighted by molar-refractivity contribution is 0.262. The molecule has 0 bridgehead atoms. The van der Waals surface area contributed by atoms with Gasteiger partial charge in [-0.15, -0.1) is 0 Å². The van der Waals surface area contributed by atoms with Crippen molar-refractivity contribution in [2.75, 3.05) is 17.7 Å². The summed E-state index contributed by atoms with van der Waals surface area (Å²) >= 11 is 0. The number of urea groups is 1. The molecule has 1 aliphatic carbocycles. The molecular formula is C21H22N4O2. The summed E-state index contributed by atoms with van der Waals surface area (Å²) in [6.07, 6.45) is 3.47. The zero-order valence-electron chi connectivity index (χ0n) is 15.2. The summed E-state index contributed by atoms with van der Waals surface area (Å²) in [4.78, 5) is 12.6. The summed E-state index contributed by atoms with van der Waals surface area (Å²) < 4.78 is 7.06. The van der Waals surface area contributed by atoms with Gasteiger partial charge in [0, 0.05) is 6.07 Å². The molecule has 0 saturated heterocycles. The van der Waals surface area contributed by atoms with Crippen LogP contribution >= 0.6 is 0 Å². The molecule has 1 heterocycles. The molecule has 1 aliphatic rings. The van der Waals surface area contributed by atoms with E-state index in [-0.39, 0.29) is 6.03 Å². The average molecular weight is 362 g/mol. The molecule has 6 heteroatoms. The number of carbonyl (C=O) groups excluding carboxylic acids is 1. The van der Waals surface area contributed by atoms with Crippen LogP contribution in [0.2, 0.25) is 0 Å². The first kappa shape index (κ1) is 17.1. The third-order valence-electron chi connectivity index (χ3n) is 4.55. The monoisotopic (exact) mass is 362 g/mol. The number of nitrogens with zero attached hydrogens (tertiary/aromatic N) is 2. The van der Waals surface area contributed by atoms with E-state index < -0.39 is 0 Å². The fraction of sp³-hybridized carbons (Fsp3) is 0.238. The highest BCUT2D eigenvalue weighted by Gasteiger charge is 2.24. The molecule has 27 heavy (non-hydrogen) atoms. The summed E-state index contributed by atoms with van der Waals surface area (Å²) in [5, 5.41) is 10.5. The Bertz CT molecular complexity index is 932. The summed E-state index contributed by atoms with van der Waals surface area (Å²) in [5.74, 6) is 1.97. The maximum Gasteiger partial charge on any atom is 0.324 e. The maximum atomic E-state index is 12.6. The van der Waals surface area contributed by atoms with Gasteiger partial charge in [-0.25, -0.2) is 9.48 Å². The van der Waals surface area contributed by atoms with Crippen molar-refractivity contribution in [2.45, 2.75) is 19.3 Å². The number of nitrogens with one attached hydrogen (secondary N) is 2. The molecule has 2 amide bonds. The minimum absolute atomic E-state index is 0.338. The van der Waals surface area contributed by atoms with E-state index in [1.165, 1.54) is 12.8 Å². The third kappa shape index (κ3) is 4.11. The van der Waals surface area contributed by atoms with Gasteiger partial charge in [0.1, 0.15) is 11.6 Å². The van der Waals surface area contributed by atoms with E-state index in [2.05, 4.69) is 10.6 Å². The fourth-order valence-corrected chi connectivity index (χ4v) is 3.02. The molecule has 2 N–H and O–H groups in total. The molecule has 1 saturated carbocycles. The van der Waals surface area contributed by atoms with Crippen LogP contribution in [0.25, 0.3) is 5.69 Å². The van der Waals surface area contributed by atoms with Crippen molar-refractivity contribution in [3.63, 3.8) is 0 Å². The van der Waals surface area contributed by atoms with E-state index in [9.17, 15) is 4.79 Å². The van der Waals surface area contributed by atoms with Gasteiger partial charge in [-0.1, -0.05) is 30.3 Å². The van der Waals surface area contributed by atoms with Gasteiger partial charge in [0.15, 0.2) is 0 Å². The van der Waals surface area contributed by atoms with Crippen LogP contribution in [0, 0.1) is 5.92 Å². The Morgan fingerprint density at radius 3 is 2.59 bits per heavy atom. The lowest BCUT2D eigenvalue weighted by atomic mass is 10.2. The number of rotatable bonds is 6. The Morgan fingerprint density at radius 2 is 1.85 bits per heavy atom. The Kier molecular flexibility index (Phi) is 4.78. The highest BCUT2D eigenvalue weighted by atomic mass is 16.5. The molecule has 1 fully saturated rings. The second kappa shape index (κ2) is 7.53. The Morgan fingerprint density at radius 1 is 1.11 bits per heavy atom. The standard InChI is InChI=1S/C21H22N4O2/c1-27-19-10-6-5-9-18(19)22-21(26)23-20-14-16(13-15-11-12-15)24-25(20)17-7-3-2-4-8-17/h2-10,14-15H,11-13H2,1H3,(H2,22,23,26). The Hall–Kier alpha value is -3.28. The number of aromatic nitrogens is 2. The zero-order valence-corrected chi connectivity index (χ0v) is 15.2. The van der Waals surface area contributed by atoms with Crippen LogP contribution in [0.5, 0.6) is 5.75 Å². The third-order valence-corrected chi connectivity index (χ3v) is 4.55. The number of methoxy groups -OCH3 is 1. The minimum atomic E-state index is -0.338. The van der Waals surface area contributed by atoms with Crippen molar-refractivity contribution in [1.29, 1.82) is 0 Å². The molecular weight excluding hydrogens is 340 g/mol. The number of para-hydroxylation sites is 3. The fourth-order valence-electron chi connectivity index (χ4n) is 3.02. The predicted octanol–water partition coefficient (Wildman–Crippen LogP) is 4.48. The summed E-state index contributed by atoms with van der Waals surface area (Å²) in [5.41, 5.74) is 2.52. The van der Waals surface area contributed by atoms with Crippen LogP contribution in [0.1, 0.15) is 18.5 Å². The second-order valence-corrected chi connectivity index (χ2v) is 6.70. The van der Waals surface area contributed by atoms with E-state index in [0.717, 1.165) is 23.7 Å². The van der Waals surface area contributed by atoms with Gasteiger partial charge in [-0.3, -0.25) is 5.32 Å². The molecule has 6 nitrogen and oxygen atoms in total. The molecule has 3 aromatic rings. The summed E-state index contributed by atoms with van der Waals surface area (Å²) in [7, 11) is 1.58. The SMILES string of the molecule is COc1ccccc1NC(=O)Nc1cc(CC2CC2)nn1-c1ccccc1. The molecule has 0 aliphatic heterocycles. The molecule has 0 atom stereocenters. The first-order valence-corrected chi connectivity index (χ1v) is 9.08. The molecule has 0 unspecified atom stereocenters. The Labute approximate surface area is 158 Å². The largest absolute Gasteiger partial charge is 0.495 e. The van der Waals surface area contributed by atoms with Crippen molar-refractivity contribution in [2.24, 2.45) is 5.92 Å². The van der Waals surface area contributed by atoms with Crippen LogP contribution in [-0.2, 0) is 6.42 Å². The molecule has 0 radical (unpaired) electrons. The number of carbonyl (C=O) groups is 1. The summed E-state index contributed by atoms with van der Waals surface area (Å²) in [6, 6.07) is 18.7. The number of hydrogen-bond acceptors (Lipinski definition) is 3. The first-order valence-electron chi connectivity index (χ1n) is 9.08. The Balaban J connectivity index is 1.56. The molecule has 0 spiro atoms. The van der Waals surface area contributed by atoms with Crippen LogP contribution in [0.15, 0.2) is 60.7 Å². The van der Waals surface area contributed by atoms with E-state index in [1.54, 1.807) is 23.9 Å². The molecule has 1 aromatic heterocycles. The molecule has 138 valence electrons. The smallest absolute Gasteiger partial charge is 0.324 e. The van der Waals surface area contributed by atoms with Crippen molar-refractivity contribution >= 4 is 17.5 Å². The number of amides is 2. The van der Waals surface area contributed by atoms with Crippen molar-refractivity contribution in [3.8, 4) is 11.4 Å². The van der Waals surface area contributed by atoms with Gasteiger partial charge in [0.2, 0.25) is 0 Å². The lowest BCUT2D eigenvalue weighted by Crippen LogP contribution is -2.21. The van der Waals surface area contributed by atoms with Gasteiger partial charge in [-0.2, -0.15) is 5.10 Å². The van der Waals surface area contributed by atoms with Crippen molar-refractivity contribution in [1.82, 2.24) is 9.78 Å². The first-order chi connectivity index (χ1) is 13.2. The van der Waals surface area contributed by atoms with Gasteiger partial charge in [0.25, 0.3) is 0 Å². The van der Waals surface area contributed by atoms with Crippen molar-refractivity contribution < 1.29 is 9.53 Å². The number of anilines is 2. The molecule has 2 aromatic carbocycles. The van der Waals surface area contributed by atoms with E-state index in [1.807, 2.05) is 48.5 Å². The predicted molar refractivity (Wildman–Crippen MR) is 106 cm³/mol. The minimum Gasteiger partial charge on any atom is -0.495 e. The lowest BCUT2D eigenvalue weighted by Gasteiger charge is -2.12. The van der Waals surface area contributed by atoms with Crippen LogP contribution in [0.3, 0.4) is 0 Å².